The molecule has 2 aromatic rings. The molecular formula is C13H10N2S2. The molecule has 0 aliphatic heterocycles. The number of aromatic nitrogens is 1. The third-order valence-electron chi connectivity index (χ3n) is 2.11. The van der Waals surface area contributed by atoms with Gasteiger partial charge in [0.1, 0.15) is 5.03 Å². The van der Waals surface area contributed by atoms with Gasteiger partial charge in [-0.1, -0.05) is 29.5 Å². The van der Waals surface area contributed by atoms with Crippen molar-refractivity contribution < 1.29 is 0 Å². The minimum absolute atomic E-state index is 0.730. The van der Waals surface area contributed by atoms with Crippen LogP contribution in [0.15, 0.2) is 57.5 Å². The Morgan fingerprint density at radius 1 is 1.29 bits per heavy atom. The normalized spacial score (nSPS) is 9.71. The molecule has 1 heterocycles. The summed E-state index contributed by atoms with van der Waals surface area (Å²) in [5.41, 5.74) is 1.98. The Kier molecular flexibility index (Phi) is 4.04. The largest absolute Gasteiger partial charge is 0.247 e. The molecule has 0 aliphatic rings. The van der Waals surface area contributed by atoms with Gasteiger partial charge in [0, 0.05) is 4.90 Å². The summed E-state index contributed by atoms with van der Waals surface area (Å²) < 4.78 is 0. The summed E-state index contributed by atoms with van der Waals surface area (Å²) in [6.45, 7) is 2.08. The number of rotatable bonds is 3. The standard InChI is InChI=1S/C13H10N2S2/c1-10-3-2-4-12(7-10)17-13-6-5-11(8-14-13)15-9-16/h2-8H,1H3. The summed E-state index contributed by atoms with van der Waals surface area (Å²) >= 11 is 6.17. The highest BCUT2D eigenvalue weighted by Crippen LogP contribution is 2.27. The zero-order chi connectivity index (χ0) is 12.1. The van der Waals surface area contributed by atoms with E-state index in [9.17, 15) is 0 Å². The van der Waals surface area contributed by atoms with Gasteiger partial charge in [0.2, 0.25) is 0 Å². The molecule has 2 rings (SSSR count). The van der Waals surface area contributed by atoms with Crippen molar-refractivity contribution >= 4 is 34.8 Å². The second-order valence-electron chi connectivity index (χ2n) is 3.48. The van der Waals surface area contributed by atoms with E-state index in [2.05, 4.69) is 52.5 Å². The SMILES string of the molecule is Cc1cccc(Sc2ccc(N=C=S)cn2)c1. The van der Waals surface area contributed by atoms with Gasteiger partial charge in [-0.3, -0.25) is 0 Å². The van der Waals surface area contributed by atoms with E-state index in [1.54, 1.807) is 18.0 Å². The van der Waals surface area contributed by atoms with E-state index >= 15 is 0 Å². The van der Waals surface area contributed by atoms with Gasteiger partial charge in [0.25, 0.3) is 0 Å². The number of hydrogen-bond donors (Lipinski definition) is 0. The summed E-state index contributed by atoms with van der Waals surface area (Å²) in [5, 5.41) is 3.27. The van der Waals surface area contributed by atoms with Crippen molar-refractivity contribution in [1.29, 1.82) is 0 Å². The second-order valence-corrected chi connectivity index (χ2v) is 4.75. The van der Waals surface area contributed by atoms with Gasteiger partial charge < -0.3 is 0 Å². The van der Waals surface area contributed by atoms with Gasteiger partial charge in [-0.2, -0.15) is 4.99 Å². The fourth-order valence-electron chi connectivity index (χ4n) is 1.35. The number of aliphatic imine (C=N–C) groups is 1. The third kappa shape index (κ3) is 3.49. The van der Waals surface area contributed by atoms with E-state index in [1.165, 1.54) is 10.5 Å². The minimum Gasteiger partial charge on any atom is -0.247 e. The molecule has 0 saturated carbocycles. The molecule has 0 radical (unpaired) electrons. The van der Waals surface area contributed by atoms with Gasteiger partial charge in [-0.25, -0.2) is 4.98 Å². The lowest BCUT2D eigenvalue weighted by molar-refractivity contribution is 1.13. The Morgan fingerprint density at radius 3 is 2.82 bits per heavy atom. The molecule has 1 aromatic heterocycles. The summed E-state index contributed by atoms with van der Waals surface area (Å²) in [4.78, 5) is 9.35. The van der Waals surface area contributed by atoms with Crippen LogP contribution in [-0.2, 0) is 0 Å². The van der Waals surface area contributed by atoms with Crippen LogP contribution in [-0.4, -0.2) is 10.1 Å². The number of hydrogen-bond acceptors (Lipinski definition) is 4. The quantitative estimate of drug-likeness (QED) is 0.607. The van der Waals surface area contributed by atoms with Crippen LogP contribution in [0, 0.1) is 6.92 Å². The first-order chi connectivity index (χ1) is 8.28. The molecule has 2 nitrogen and oxygen atoms in total. The van der Waals surface area contributed by atoms with Gasteiger partial charge >= 0.3 is 0 Å². The molecule has 0 bridgehead atoms. The van der Waals surface area contributed by atoms with Crippen LogP contribution < -0.4 is 0 Å². The van der Waals surface area contributed by atoms with Gasteiger partial charge in [-0.05, 0) is 43.4 Å². The van der Waals surface area contributed by atoms with E-state index in [4.69, 9.17) is 0 Å². The van der Waals surface area contributed by atoms with Crippen LogP contribution >= 0.6 is 24.0 Å². The van der Waals surface area contributed by atoms with E-state index in [0.717, 1.165) is 10.7 Å². The summed E-state index contributed by atoms with van der Waals surface area (Å²) in [7, 11) is 0. The molecule has 0 amide bonds. The van der Waals surface area contributed by atoms with Gasteiger partial charge in [0.15, 0.2) is 0 Å². The van der Waals surface area contributed by atoms with E-state index < -0.39 is 0 Å². The van der Waals surface area contributed by atoms with E-state index in [-0.39, 0.29) is 0 Å². The first-order valence-electron chi connectivity index (χ1n) is 5.06. The Bertz CT molecular complexity index is 558. The number of nitrogens with zero attached hydrogens (tertiary/aromatic N) is 2. The van der Waals surface area contributed by atoms with Gasteiger partial charge in [0.05, 0.1) is 17.0 Å². The number of isothiocyanates is 1. The Hall–Kier alpha value is -1.48. The molecule has 0 spiro atoms. The molecule has 0 atom stereocenters. The van der Waals surface area contributed by atoms with Crippen LogP contribution in [0.4, 0.5) is 5.69 Å². The fourth-order valence-corrected chi connectivity index (χ4v) is 2.33. The minimum atomic E-state index is 0.730. The van der Waals surface area contributed by atoms with Crippen molar-refractivity contribution in [3.05, 3.63) is 48.2 Å². The fraction of sp³-hybridized carbons (Fsp3) is 0.0769. The molecule has 0 aliphatic carbocycles. The molecule has 0 fully saturated rings. The smallest absolute Gasteiger partial charge is 0.101 e. The van der Waals surface area contributed by atoms with Crippen molar-refractivity contribution in [1.82, 2.24) is 4.98 Å². The average molecular weight is 258 g/mol. The van der Waals surface area contributed by atoms with Gasteiger partial charge in [-0.15, -0.1) is 0 Å². The third-order valence-corrected chi connectivity index (χ3v) is 3.14. The molecule has 4 heteroatoms. The Morgan fingerprint density at radius 2 is 2.18 bits per heavy atom. The zero-order valence-corrected chi connectivity index (χ0v) is 10.9. The summed E-state index contributed by atoms with van der Waals surface area (Å²) in [6.07, 6.45) is 1.69. The number of thiocarbonyl (C=S) groups is 1. The summed E-state index contributed by atoms with van der Waals surface area (Å²) in [5.74, 6) is 0. The monoisotopic (exact) mass is 258 g/mol. The lowest BCUT2D eigenvalue weighted by atomic mass is 10.2. The topological polar surface area (TPSA) is 25.2 Å². The van der Waals surface area contributed by atoms with Crippen molar-refractivity contribution in [2.75, 3.05) is 0 Å². The van der Waals surface area contributed by atoms with Crippen LogP contribution in [0.3, 0.4) is 0 Å². The Balaban J connectivity index is 2.16. The Labute approximate surface area is 110 Å². The van der Waals surface area contributed by atoms with Crippen LogP contribution in [0.25, 0.3) is 0 Å². The van der Waals surface area contributed by atoms with E-state index in [0.29, 0.717) is 0 Å². The number of aryl methyl sites for hydroxylation is 1. The average Bonchev–Trinajstić information content (AvgIpc) is 2.32. The predicted octanol–water partition coefficient (Wildman–Crippen LogP) is 4.28. The number of benzene rings is 1. The highest BCUT2D eigenvalue weighted by molar-refractivity contribution is 7.99. The molecule has 0 N–H and O–H groups in total. The maximum Gasteiger partial charge on any atom is 0.101 e. The van der Waals surface area contributed by atoms with Crippen LogP contribution in [0.2, 0.25) is 0 Å². The summed E-state index contributed by atoms with van der Waals surface area (Å²) in [6, 6.07) is 12.1. The van der Waals surface area contributed by atoms with Crippen molar-refractivity contribution in [3.63, 3.8) is 0 Å². The van der Waals surface area contributed by atoms with Crippen molar-refractivity contribution in [3.8, 4) is 0 Å². The predicted molar refractivity (Wildman–Crippen MR) is 74.2 cm³/mol. The maximum absolute atomic E-state index is 4.54. The lowest BCUT2D eigenvalue weighted by Gasteiger charge is -2.01. The first-order valence-corrected chi connectivity index (χ1v) is 6.29. The second kappa shape index (κ2) is 5.73. The molecule has 84 valence electrons. The highest BCUT2D eigenvalue weighted by Gasteiger charge is 1.99. The van der Waals surface area contributed by atoms with Crippen molar-refractivity contribution in [2.24, 2.45) is 4.99 Å². The molecule has 0 saturated heterocycles. The van der Waals surface area contributed by atoms with Crippen molar-refractivity contribution in [2.45, 2.75) is 16.8 Å². The lowest BCUT2D eigenvalue weighted by Crippen LogP contribution is -1.79. The maximum atomic E-state index is 4.54. The molecular weight excluding hydrogens is 248 g/mol. The molecule has 1 aromatic carbocycles. The number of pyridine rings is 1. The first kappa shape index (κ1) is 12.0. The molecule has 0 unspecified atom stereocenters. The highest BCUT2D eigenvalue weighted by atomic mass is 32.2. The van der Waals surface area contributed by atoms with E-state index in [1.807, 2.05) is 18.2 Å². The van der Waals surface area contributed by atoms with Crippen LogP contribution in [0.1, 0.15) is 5.56 Å². The van der Waals surface area contributed by atoms with Crippen LogP contribution in [0.5, 0.6) is 0 Å². The zero-order valence-electron chi connectivity index (χ0n) is 9.25. The molecule has 17 heavy (non-hydrogen) atoms.